The van der Waals surface area contributed by atoms with Crippen molar-refractivity contribution in [2.45, 2.75) is 0 Å². The van der Waals surface area contributed by atoms with E-state index in [1.54, 1.807) is 18.2 Å². The molecule has 0 aliphatic rings. The molecule has 0 saturated heterocycles. The van der Waals surface area contributed by atoms with Crippen molar-refractivity contribution in [1.82, 2.24) is 4.98 Å². The highest BCUT2D eigenvalue weighted by Crippen LogP contribution is 2.09. The van der Waals surface area contributed by atoms with Crippen molar-refractivity contribution in [3.05, 3.63) is 54.2 Å². The number of nitrogens with zero attached hydrogens (tertiary/aromatic N) is 1. The first-order chi connectivity index (χ1) is 9.25. The van der Waals surface area contributed by atoms with Crippen LogP contribution in [0.25, 0.3) is 0 Å². The fourth-order valence-corrected chi connectivity index (χ4v) is 1.47. The quantitative estimate of drug-likeness (QED) is 0.470. The van der Waals surface area contributed by atoms with Crippen molar-refractivity contribution in [1.29, 1.82) is 5.41 Å². The SMILES string of the molecule is N=C(N)c1cccc(OCCOc2ccccc2)n1. The summed E-state index contributed by atoms with van der Waals surface area (Å²) < 4.78 is 10.9. The van der Waals surface area contributed by atoms with Gasteiger partial charge in [0.1, 0.15) is 30.5 Å². The molecule has 0 aliphatic carbocycles. The fraction of sp³-hybridized carbons (Fsp3) is 0.143. The van der Waals surface area contributed by atoms with Crippen LogP contribution in [-0.2, 0) is 0 Å². The van der Waals surface area contributed by atoms with Crippen LogP contribution in [-0.4, -0.2) is 24.0 Å². The van der Waals surface area contributed by atoms with E-state index in [1.165, 1.54) is 0 Å². The van der Waals surface area contributed by atoms with E-state index in [1.807, 2.05) is 30.3 Å². The number of aromatic nitrogens is 1. The number of hydrogen-bond acceptors (Lipinski definition) is 4. The third-order valence-corrected chi connectivity index (χ3v) is 2.34. The summed E-state index contributed by atoms with van der Waals surface area (Å²) in [5.74, 6) is 1.16. The van der Waals surface area contributed by atoms with Crippen molar-refractivity contribution < 1.29 is 9.47 Å². The van der Waals surface area contributed by atoms with Crippen LogP contribution in [0.3, 0.4) is 0 Å². The summed E-state index contributed by atoms with van der Waals surface area (Å²) in [5.41, 5.74) is 5.76. The largest absolute Gasteiger partial charge is 0.490 e. The Bertz CT molecular complexity index is 543. The van der Waals surface area contributed by atoms with Crippen LogP contribution < -0.4 is 15.2 Å². The molecule has 19 heavy (non-hydrogen) atoms. The van der Waals surface area contributed by atoms with E-state index in [4.69, 9.17) is 20.6 Å². The molecule has 0 unspecified atom stereocenters. The zero-order chi connectivity index (χ0) is 13.5. The molecule has 0 atom stereocenters. The number of ether oxygens (including phenoxy) is 2. The van der Waals surface area contributed by atoms with Crippen molar-refractivity contribution >= 4 is 5.84 Å². The minimum absolute atomic E-state index is 0.0778. The first-order valence-electron chi connectivity index (χ1n) is 5.88. The molecule has 0 aliphatic heterocycles. The maximum absolute atomic E-state index is 7.29. The Morgan fingerprint density at radius 2 is 1.74 bits per heavy atom. The van der Waals surface area contributed by atoms with Gasteiger partial charge in [-0.15, -0.1) is 0 Å². The number of pyridine rings is 1. The second-order valence-corrected chi connectivity index (χ2v) is 3.78. The lowest BCUT2D eigenvalue weighted by atomic mass is 10.3. The van der Waals surface area contributed by atoms with Crippen LogP contribution in [0.1, 0.15) is 5.69 Å². The van der Waals surface area contributed by atoms with Crippen LogP contribution in [0.15, 0.2) is 48.5 Å². The molecule has 0 fully saturated rings. The van der Waals surface area contributed by atoms with Crippen LogP contribution >= 0.6 is 0 Å². The van der Waals surface area contributed by atoms with Crippen LogP contribution in [0, 0.1) is 5.41 Å². The Morgan fingerprint density at radius 3 is 2.47 bits per heavy atom. The van der Waals surface area contributed by atoms with E-state index in [2.05, 4.69) is 4.98 Å². The molecule has 0 bridgehead atoms. The molecule has 0 saturated carbocycles. The average Bonchev–Trinajstić information content (AvgIpc) is 2.45. The van der Waals surface area contributed by atoms with Gasteiger partial charge >= 0.3 is 0 Å². The van der Waals surface area contributed by atoms with Crippen LogP contribution in [0.2, 0.25) is 0 Å². The zero-order valence-corrected chi connectivity index (χ0v) is 10.4. The van der Waals surface area contributed by atoms with E-state index in [9.17, 15) is 0 Å². The van der Waals surface area contributed by atoms with Gasteiger partial charge in [0.15, 0.2) is 0 Å². The predicted molar refractivity (Wildman–Crippen MR) is 72.7 cm³/mol. The molecule has 98 valence electrons. The van der Waals surface area contributed by atoms with Gasteiger partial charge < -0.3 is 15.2 Å². The lowest BCUT2D eigenvalue weighted by Crippen LogP contribution is -2.14. The highest BCUT2D eigenvalue weighted by Gasteiger charge is 2.01. The highest BCUT2D eigenvalue weighted by atomic mass is 16.5. The third kappa shape index (κ3) is 3.99. The Hall–Kier alpha value is -2.56. The molecule has 5 nitrogen and oxygen atoms in total. The normalized spacial score (nSPS) is 9.89. The Balaban J connectivity index is 1.80. The lowest BCUT2D eigenvalue weighted by molar-refractivity contribution is 0.212. The van der Waals surface area contributed by atoms with Crippen molar-refractivity contribution in [2.24, 2.45) is 5.73 Å². The maximum Gasteiger partial charge on any atom is 0.213 e. The molecule has 0 amide bonds. The van der Waals surface area contributed by atoms with Crippen molar-refractivity contribution in [3.8, 4) is 11.6 Å². The van der Waals surface area contributed by atoms with Crippen molar-refractivity contribution in [2.75, 3.05) is 13.2 Å². The first kappa shape index (κ1) is 12.9. The van der Waals surface area contributed by atoms with E-state index >= 15 is 0 Å². The Morgan fingerprint density at radius 1 is 1.00 bits per heavy atom. The molecule has 1 aromatic carbocycles. The number of nitrogens with one attached hydrogen (secondary N) is 1. The van der Waals surface area contributed by atoms with Gasteiger partial charge in [0, 0.05) is 6.07 Å². The number of amidine groups is 1. The predicted octanol–water partition coefficient (Wildman–Crippen LogP) is 1.82. The minimum atomic E-state index is -0.0778. The third-order valence-electron chi connectivity index (χ3n) is 2.34. The summed E-state index contributed by atoms with van der Waals surface area (Å²) >= 11 is 0. The van der Waals surface area contributed by atoms with Gasteiger partial charge in [-0.2, -0.15) is 0 Å². The number of benzene rings is 1. The number of nitrogen functional groups attached to an aromatic ring is 1. The second kappa shape index (κ2) is 6.39. The van der Waals surface area contributed by atoms with Gasteiger partial charge in [-0.05, 0) is 18.2 Å². The summed E-state index contributed by atoms with van der Waals surface area (Å²) in [6.45, 7) is 0.805. The molecule has 1 heterocycles. The van der Waals surface area contributed by atoms with Gasteiger partial charge in [0.2, 0.25) is 5.88 Å². The smallest absolute Gasteiger partial charge is 0.213 e. The van der Waals surface area contributed by atoms with Crippen LogP contribution in [0.4, 0.5) is 0 Å². The van der Waals surface area contributed by atoms with Gasteiger partial charge in [-0.3, -0.25) is 5.41 Å². The minimum Gasteiger partial charge on any atom is -0.490 e. The standard InChI is InChI=1S/C14H15N3O2/c15-14(16)12-7-4-8-13(17-12)19-10-9-18-11-5-2-1-3-6-11/h1-8H,9-10H2,(H3,15,16). The molecule has 0 spiro atoms. The summed E-state index contributed by atoms with van der Waals surface area (Å²) in [6, 6.07) is 14.6. The maximum atomic E-state index is 7.29. The van der Waals surface area contributed by atoms with Crippen LogP contribution in [0.5, 0.6) is 11.6 Å². The van der Waals surface area contributed by atoms with E-state index in [0.29, 0.717) is 24.8 Å². The lowest BCUT2D eigenvalue weighted by Gasteiger charge is -2.08. The zero-order valence-electron chi connectivity index (χ0n) is 10.4. The molecule has 3 N–H and O–H groups in total. The van der Waals surface area contributed by atoms with Crippen molar-refractivity contribution in [3.63, 3.8) is 0 Å². The second-order valence-electron chi connectivity index (χ2n) is 3.78. The van der Waals surface area contributed by atoms with E-state index < -0.39 is 0 Å². The van der Waals surface area contributed by atoms with Gasteiger partial charge in [0.05, 0.1) is 0 Å². The topological polar surface area (TPSA) is 81.2 Å². The summed E-state index contributed by atoms with van der Waals surface area (Å²) in [4.78, 5) is 4.09. The Labute approximate surface area is 111 Å². The molecule has 1 aromatic heterocycles. The van der Waals surface area contributed by atoms with Gasteiger partial charge in [-0.25, -0.2) is 4.98 Å². The molecule has 0 radical (unpaired) electrons. The number of nitrogens with two attached hydrogens (primary N) is 1. The molecule has 2 rings (SSSR count). The average molecular weight is 257 g/mol. The number of hydrogen-bond donors (Lipinski definition) is 2. The summed E-state index contributed by atoms with van der Waals surface area (Å²) in [7, 11) is 0. The molecule has 5 heteroatoms. The Kier molecular flexibility index (Phi) is 4.34. The van der Waals surface area contributed by atoms with E-state index in [0.717, 1.165) is 5.75 Å². The molecular weight excluding hydrogens is 242 g/mol. The monoisotopic (exact) mass is 257 g/mol. The van der Waals surface area contributed by atoms with Gasteiger partial charge in [-0.1, -0.05) is 24.3 Å². The first-order valence-corrected chi connectivity index (χ1v) is 5.88. The summed E-state index contributed by atoms with van der Waals surface area (Å²) in [6.07, 6.45) is 0. The number of para-hydroxylation sites is 1. The molecule has 2 aromatic rings. The summed E-state index contributed by atoms with van der Waals surface area (Å²) in [5, 5.41) is 7.29. The molecular formula is C14H15N3O2. The van der Waals surface area contributed by atoms with Gasteiger partial charge in [0.25, 0.3) is 0 Å². The highest BCUT2D eigenvalue weighted by molar-refractivity contribution is 5.93. The number of rotatable bonds is 6. The fourth-order valence-electron chi connectivity index (χ4n) is 1.47. The van der Waals surface area contributed by atoms with E-state index in [-0.39, 0.29) is 5.84 Å².